The summed E-state index contributed by atoms with van der Waals surface area (Å²) in [5, 5.41) is 8.36. The van der Waals surface area contributed by atoms with E-state index in [0.717, 1.165) is 23.5 Å². The normalized spacial score (nSPS) is 11.9. The van der Waals surface area contributed by atoms with Crippen molar-refractivity contribution in [2.45, 2.75) is 26.3 Å². The van der Waals surface area contributed by atoms with Gasteiger partial charge in [-0.3, -0.25) is 4.79 Å². The van der Waals surface area contributed by atoms with Crippen LogP contribution >= 0.6 is 11.3 Å². The highest BCUT2D eigenvalue weighted by molar-refractivity contribution is 7.10. The van der Waals surface area contributed by atoms with Crippen LogP contribution in [0.5, 0.6) is 0 Å². The molecule has 3 nitrogen and oxygen atoms in total. The van der Waals surface area contributed by atoms with Gasteiger partial charge < -0.3 is 10.6 Å². The fraction of sp³-hybridized carbons (Fsp3) is 0.312. The Balaban J connectivity index is 2.09. The number of amides is 1. The molecule has 0 aliphatic rings. The number of carbonyl (C=O) groups excluding carboxylic acids is 1. The van der Waals surface area contributed by atoms with E-state index in [2.05, 4.69) is 17.6 Å². The Morgan fingerprint density at radius 3 is 2.75 bits per heavy atom. The van der Waals surface area contributed by atoms with E-state index in [1.807, 2.05) is 48.7 Å². The first kappa shape index (κ1) is 14.6. The van der Waals surface area contributed by atoms with Crippen LogP contribution in [-0.2, 0) is 0 Å². The van der Waals surface area contributed by atoms with Gasteiger partial charge in [-0.05, 0) is 36.9 Å². The van der Waals surface area contributed by atoms with Crippen LogP contribution in [-0.4, -0.2) is 12.5 Å². The number of para-hydroxylation sites is 1. The fourth-order valence-electron chi connectivity index (χ4n) is 1.98. The van der Waals surface area contributed by atoms with Crippen molar-refractivity contribution >= 4 is 22.9 Å². The molecule has 0 fully saturated rings. The molecule has 4 heteroatoms. The van der Waals surface area contributed by atoms with E-state index in [4.69, 9.17) is 0 Å². The van der Waals surface area contributed by atoms with E-state index in [-0.39, 0.29) is 11.9 Å². The smallest absolute Gasteiger partial charge is 0.253 e. The third kappa shape index (κ3) is 3.61. The Kier molecular flexibility index (Phi) is 5.18. The van der Waals surface area contributed by atoms with E-state index < -0.39 is 0 Å². The van der Waals surface area contributed by atoms with Gasteiger partial charge in [-0.15, -0.1) is 11.3 Å². The first-order valence-corrected chi connectivity index (χ1v) is 7.77. The van der Waals surface area contributed by atoms with Crippen LogP contribution < -0.4 is 10.6 Å². The lowest BCUT2D eigenvalue weighted by atomic mass is 10.1. The summed E-state index contributed by atoms with van der Waals surface area (Å²) in [4.78, 5) is 13.6. The van der Waals surface area contributed by atoms with Crippen LogP contribution in [0.15, 0.2) is 41.8 Å². The molecule has 1 aromatic carbocycles. The molecule has 0 saturated heterocycles. The van der Waals surface area contributed by atoms with Crippen LogP contribution in [0.3, 0.4) is 0 Å². The first-order valence-electron chi connectivity index (χ1n) is 6.89. The Bertz CT molecular complexity index is 551. The molecule has 2 N–H and O–H groups in total. The molecule has 2 rings (SSSR count). The molecule has 106 valence electrons. The van der Waals surface area contributed by atoms with Crippen LogP contribution in [0.25, 0.3) is 0 Å². The lowest BCUT2D eigenvalue weighted by Gasteiger charge is -2.15. The van der Waals surface area contributed by atoms with Crippen molar-refractivity contribution in [1.82, 2.24) is 5.32 Å². The van der Waals surface area contributed by atoms with Gasteiger partial charge in [-0.2, -0.15) is 0 Å². The molecule has 1 amide bonds. The minimum Gasteiger partial charge on any atom is -0.384 e. The Morgan fingerprint density at radius 1 is 1.25 bits per heavy atom. The summed E-state index contributed by atoms with van der Waals surface area (Å²) in [6.45, 7) is 4.98. The predicted octanol–water partition coefficient (Wildman–Crippen LogP) is 4.06. The molecule has 1 heterocycles. The molecule has 20 heavy (non-hydrogen) atoms. The van der Waals surface area contributed by atoms with Gasteiger partial charge in [0, 0.05) is 17.1 Å². The third-order valence-corrected chi connectivity index (χ3v) is 4.11. The molecule has 0 radical (unpaired) electrons. The maximum absolute atomic E-state index is 12.4. The number of hydrogen-bond acceptors (Lipinski definition) is 3. The average molecular weight is 288 g/mol. The summed E-state index contributed by atoms with van der Waals surface area (Å²) >= 11 is 1.66. The lowest BCUT2D eigenvalue weighted by molar-refractivity contribution is 0.0941. The molecule has 0 saturated carbocycles. The van der Waals surface area contributed by atoms with E-state index in [1.165, 1.54) is 0 Å². The molecule has 0 aliphatic carbocycles. The maximum Gasteiger partial charge on any atom is 0.253 e. The van der Waals surface area contributed by atoms with Gasteiger partial charge in [0.05, 0.1) is 11.6 Å². The van der Waals surface area contributed by atoms with Crippen molar-refractivity contribution in [3.05, 3.63) is 52.2 Å². The van der Waals surface area contributed by atoms with E-state index in [9.17, 15) is 4.79 Å². The standard InChI is InChI=1S/C16H20N2OS/c1-3-10-17-14-8-5-4-7-13(14)16(19)18-12(2)15-9-6-11-20-15/h4-9,11-12,17H,3,10H2,1-2H3,(H,18,19). The highest BCUT2D eigenvalue weighted by Gasteiger charge is 2.14. The van der Waals surface area contributed by atoms with Gasteiger partial charge >= 0.3 is 0 Å². The molecular formula is C16H20N2OS. The minimum atomic E-state index is -0.0369. The van der Waals surface area contributed by atoms with Crippen LogP contribution in [0.2, 0.25) is 0 Å². The monoisotopic (exact) mass is 288 g/mol. The topological polar surface area (TPSA) is 41.1 Å². The number of anilines is 1. The van der Waals surface area contributed by atoms with Gasteiger partial charge in [-0.1, -0.05) is 25.1 Å². The second-order valence-electron chi connectivity index (χ2n) is 4.68. The minimum absolute atomic E-state index is 0.0294. The van der Waals surface area contributed by atoms with Gasteiger partial charge in [0.2, 0.25) is 0 Å². The van der Waals surface area contributed by atoms with Crippen LogP contribution in [0.4, 0.5) is 5.69 Å². The Labute approximate surface area is 124 Å². The van der Waals surface area contributed by atoms with Crippen LogP contribution in [0, 0.1) is 0 Å². The molecule has 0 spiro atoms. The molecule has 0 bridgehead atoms. The van der Waals surface area contributed by atoms with E-state index in [0.29, 0.717) is 5.56 Å². The van der Waals surface area contributed by atoms with Crippen molar-refractivity contribution in [3.8, 4) is 0 Å². The zero-order valence-electron chi connectivity index (χ0n) is 11.8. The zero-order chi connectivity index (χ0) is 14.4. The SMILES string of the molecule is CCCNc1ccccc1C(=O)NC(C)c1cccs1. The van der Waals surface area contributed by atoms with Gasteiger partial charge in [0.15, 0.2) is 0 Å². The number of thiophene rings is 1. The third-order valence-electron chi connectivity index (χ3n) is 3.05. The van der Waals surface area contributed by atoms with Crippen molar-refractivity contribution in [3.63, 3.8) is 0 Å². The number of nitrogens with one attached hydrogen (secondary N) is 2. The van der Waals surface area contributed by atoms with Gasteiger partial charge in [0.25, 0.3) is 5.91 Å². The number of rotatable bonds is 6. The summed E-state index contributed by atoms with van der Waals surface area (Å²) in [5.74, 6) is -0.0369. The quantitative estimate of drug-likeness (QED) is 0.841. The van der Waals surface area contributed by atoms with E-state index in [1.54, 1.807) is 11.3 Å². The van der Waals surface area contributed by atoms with Crippen molar-refractivity contribution < 1.29 is 4.79 Å². The Morgan fingerprint density at radius 2 is 2.05 bits per heavy atom. The van der Waals surface area contributed by atoms with E-state index >= 15 is 0 Å². The number of benzene rings is 1. The summed E-state index contributed by atoms with van der Waals surface area (Å²) in [6, 6.07) is 11.7. The molecule has 0 aliphatic heterocycles. The van der Waals surface area contributed by atoms with Crippen molar-refractivity contribution in [1.29, 1.82) is 0 Å². The van der Waals surface area contributed by atoms with Gasteiger partial charge in [-0.25, -0.2) is 0 Å². The molecule has 1 atom stereocenters. The maximum atomic E-state index is 12.4. The summed E-state index contributed by atoms with van der Waals surface area (Å²) in [6.07, 6.45) is 1.03. The second kappa shape index (κ2) is 7.10. The fourth-order valence-corrected chi connectivity index (χ4v) is 2.71. The van der Waals surface area contributed by atoms with Crippen molar-refractivity contribution in [2.75, 3.05) is 11.9 Å². The first-order chi connectivity index (χ1) is 9.72. The Hall–Kier alpha value is -1.81. The van der Waals surface area contributed by atoms with Crippen molar-refractivity contribution in [2.24, 2.45) is 0 Å². The van der Waals surface area contributed by atoms with Gasteiger partial charge in [0.1, 0.15) is 0 Å². The number of carbonyl (C=O) groups is 1. The molecular weight excluding hydrogens is 268 g/mol. The average Bonchev–Trinajstić information content (AvgIpc) is 2.99. The molecule has 1 unspecified atom stereocenters. The number of hydrogen-bond donors (Lipinski definition) is 2. The molecule has 1 aromatic heterocycles. The predicted molar refractivity (Wildman–Crippen MR) is 85.4 cm³/mol. The lowest BCUT2D eigenvalue weighted by Crippen LogP contribution is -2.27. The summed E-state index contributed by atoms with van der Waals surface area (Å²) < 4.78 is 0. The second-order valence-corrected chi connectivity index (χ2v) is 5.66. The highest BCUT2D eigenvalue weighted by atomic mass is 32.1. The highest BCUT2D eigenvalue weighted by Crippen LogP contribution is 2.20. The zero-order valence-corrected chi connectivity index (χ0v) is 12.7. The summed E-state index contributed by atoms with van der Waals surface area (Å²) in [5.41, 5.74) is 1.59. The summed E-state index contributed by atoms with van der Waals surface area (Å²) in [7, 11) is 0. The largest absolute Gasteiger partial charge is 0.384 e. The molecule has 2 aromatic rings. The van der Waals surface area contributed by atoms with Crippen LogP contribution in [0.1, 0.15) is 41.5 Å².